The van der Waals surface area contributed by atoms with Gasteiger partial charge in [-0.15, -0.1) is 12.4 Å². The minimum absolute atomic E-state index is 0. The molecular formula is C14H21ClN2O2. The van der Waals surface area contributed by atoms with Gasteiger partial charge in [0.2, 0.25) is 0 Å². The average Bonchev–Trinajstić information content (AvgIpc) is 2.33. The third kappa shape index (κ3) is 7.68. The summed E-state index contributed by atoms with van der Waals surface area (Å²) in [5.74, 6) is 0.656. The van der Waals surface area contributed by atoms with Gasteiger partial charge in [-0.2, -0.15) is 5.26 Å². The van der Waals surface area contributed by atoms with Crippen LogP contribution in [0.15, 0.2) is 24.3 Å². The zero-order valence-electron chi connectivity index (χ0n) is 11.5. The number of nitrogens with one attached hydrogen (secondary N) is 1. The Bertz CT molecular complexity index is 407. The molecule has 0 aliphatic heterocycles. The Kier molecular flexibility index (Phi) is 7.47. The fourth-order valence-corrected chi connectivity index (χ4v) is 1.30. The van der Waals surface area contributed by atoms with Gasteiger partial charge in [-0.1, -0.05) is 0 Å². The molecule has 4 nitrogen and oxygen atoms in total. The maximum atomic E-state index is 9.73. The highest BCUT2D eigenvalue weighted by molar-refractivity contribution is 5.85. The van der Waals surface area contributed by atoms with E-state index in [4.69, 9.17) is 10.00 Å². The van der Waals surface area contributed by atoms with E-state index in [0.717, 1.165) is 0 Å². The van der Waals surface area contributed by atoms with Crippen LogP contribution in [0.3, 0.4) is 0 Å². The summed E-state index contributed by atoms with van der Waals surface area (Å²) in [6, 6.07) is 8.87. The molecule has 1 unspecified atom stereocenters. The topological polar surface area (TPSA) is 65.3 Å². The van der Waals surface area contributed by atoms with Crippen molar-refractivity contribution >= 4 is 12.4 Å². The molecule has 0 aliphatic rings. The predicted molar refractivity (Wildman–Crippen MR) is 77.7 cm³/mol. The van der Waals surface area contributed by atoms with Gasteiger partial charge in [-0.05, 0) is 45.0 Å². The van der Waals surface area contributed by atoms with Gasteiger partial charge >= 0.3 is 0 Å². The fourth-order valence-electron chi connectivity index (χ4n) is 1.30. The highest BCUT2D eigenvalue weighted by Crippen LogP contribution is 2.11. The average molecular weight is 285 g/mol. The summed E-state index contributed by atoms with van der Waals surface area (Å²) >= 11 is 0. The third-order valence-electron chi connectivity index (χ3n) is 2.29. The summed E-state index contributed by atoms with van der Waals surface area (Å²) in [5, 5.41) is 21.6. The Morgan fingerprint density at radius 3 is 2.37 bits per heavy atom. The fraction of sp³-hybridized carbons (Fsp3) is 0.500. The molecule has 5 heteroatoms. The number of halogens is 1. The van der Waals surface area contributed by atoms with Gasteiger partial charge in [0, 0.05) is 12.1 Å². The van der Waals surface area contributed by atoms with Crippen molar-refractivity contribution in [2.24, 2.45) is 0 Å². The second kappa shape index (κ2) is 8.00. The molecule has 0 bridgehead atoms. The molecule has 0 aromatic heterocycles. The molecule has 0 saturated heterocycles. The van der Waals surface area contributed by atoms with E-state index in [2.05, 4.69) is 5.32 Å². The van der Waals surface area contributed by atoms with Crippen molar-refractivity contribution in [3.8, 4) is 11.8 Å². The predicted octanol–water partition coefficient (Wildman–Crippen LogP) is 2.11. The molecule has 1 rings (SSSR count). The lowest BCUT2D eigenvalue weighted by Crippen LogP contribution is -2.42. The van der Waals surface area contributed by atoms with Crippen LogP contribution in [0.1, 0.15) is 26.3 Å². The molecule has 0 spiro atoms. The van der Waals surface area contributed by atoms with Gasteiger partial charge in [0.25, 0.3) is 0 Å². The van der Waals surface area contributed by atoms with Gasteiger partial charge in [0.05, 0.1) is 11.6 Å². The van der Waals surface area contributed by atoms with Gasteiger partial charge in [-0.3, -0.25) is 0 Å². The van der Waals surface area contributed by atoms with Gasteiger partial charge in [-0.25, -0.2) is 0 Å². The van der Waals surface area contributed by atoms with Crippen LogP contribution in [0, 0.1) is 11.3 Å². The molecule has 1 atom stereocenters. The zero-order chi connectivity index (χ0) is 13.6. The van der Waals surface area contributed by atoms with Gasteiger partial charge < -0.3 is 15.2 Å². The molecule has 19 heavy (non-hydrogen) atoms. The van der Waals surface area contributed by atoms with Crippen molar-refractivity contribution in [1.29, 1.82) is 5.26 Å². The molecule has 0 heterocycles. The summed E-state index contributed by atoms with van der Waals surface area (Å²) in [4.78, 5) is 0. The van der Waals surface area contributed by atoms with E-state index in [1.807, 2.05) is 26.8 Å². The van der Waals surface area contributed by atoms with Gasteiger partial charge in [0.15, 0.2) is 0 Å². The van der Waals surface area contributed by atoms with E-state index in [9.17, 15) is 5.11 Å². The summed E-state index contributed by atoms with van der Waals surface area (Å²) in [5.41, 5.74) is 0.576. The maximum Gasteiger partial charge on any atom is 0.119 e. The molecule has 0 saturated carbocycles. The molecule has 1 aromatic carbocycles. The van der Waals surface area contributed by atoms with Crippen LogP contribution in [0.2, 0.25) is 0 Å². The Balaban J connectivity index is 0.00000324. The Hall–Kier alpha value is -1.28. The van der Waals surface area contributed by atoms with E-state index in [-0.39, 0.29) is 24.6 Å². The summed E-state index contributed by atoms with van der Waals surface area (Å²) < 4.78 is 5.43. The van der Waals surface area contributed by atoms with E-state index in [0.29, 0.717) is 17.9 Å². The number of aliphatic hydroxyl groups is 1. The van der Waals surface area contributed by atoms with E-state index in [1.165, 1.54) is 0 Å². The molecule has 0 amide bonds. The van der Waals surface area contributed by atoms with Crippen LogP contribution >= 0.6 is 12.4 Å². The van der Waals surface area contributed by atoms with Crippen LogP contribution in [0.4, 0.5) is 0 Å². The number of β-amino-alcohol motifs (C(OH)–C–C–N with tert-alkyl or cyclic N) is 1. The second-order valence-electron chi connectivity index (χ2n) is 5.23. The number of nitrogens with zero attached hydrogens (tertiary/aromatic N) is 1. The van der Waals surface area contributed by atoms with Crippen molar-refractivity contribution in [2.45, 2.75) is 32.4 Å². The minimum atomic E-state index is -0.556. The number of nitriles is 1. The van der Waals surface area contributed by atoms with Gasteiger partial charge in [0.1, 0.15) is 18.5 Å². The summed E-state index contributed by atoms with van der Waals surface area (Å²) in [7, 11) is 0. The third-order valence-corrected chi connectivity index (χ3v) is 2.29. The van der Waals surface area contributed by atoms with Crippen molar-refractivity contribution in [1.82, 2.24) is 5.32 Å². The molecule has 0 aliphatic carbocycles. The molecule has 106 valence electrons. The molecule has 0 radical (unpaired) electrons. The first-order valence-corrected chi connectivity index (χ1v) is 5.97. The molecule has 0 fully saturated rings. The van der Waals surface area contributed by atoms with Crippen molar-refractivity contribution in [2.75, 3.05) is 13.2 Å². The van der Waals surface area contributed by atoms with E-state index >= 15 is 0 Å². The van der Waals surface area contributed by atoms with Crippen LogP contribution in [0.25, 0.3) is 0 Å². The van der Waals surface area contributed by atoms with Crippen LogP contribution in [-0.2, 0) is 0 Å². The van der Waals surface area contributed by atoms with Crippen molar-refractivity contribution in [3.63, 3.8) is 0 Å². The lowest BCUT2D eigenvalue weighted by Gasteiger charge is -2.22. The Morgan fingerprint density at radius 2 is 1.89 bits per heavy atom. The quantitative estimate of drug-likeness (QED) is 0.869. The zero-order valence-corrected chi connectivity index (χ0v) is 12.3. The summed E-state index contributed by atoms with van der Waals surface area (Å²) in [6.45, 7) is 6.85. The van der Waals surface area contributed by atoms with E-state index in [1.54, 1.807) is 24.3 Å². The lowest BCUT2D eigenvalue weighted by molar-refractivity contribution is 0.100. The Morgan fingerprint density at radius 1 is 1.32 bits per heavy atom. The second-order valence-corrected chi connectivity index (χ2v) is 5.23. The number of hydrogen-bond acceptors (Lipinski definition) is 4. The highest BCUT2D eigenvalue weighted by atomic mass is 35.5. The molecular weight excluding hydrogens is 264 g/mol. The minimum Gasteiger partial charge on any atom is -0.491 e. The SMILES string of the molecule is CC(C)(C)NCC(O)COc1ccc(C#N)cc1.Cl. The van der Waals surface area contributed by atoms with Crippen molar-refractivity contribution in [3.05, 3.63) is 29.8 Å². The highest BCUT2D eigenvalue weighted by Gasteiger charge is 2.12. The molecule has 1 aromatic rings. The number of rotatable bonds is 5. The summed E-state index contributed by atoms with van der Waals surface area (Å²) in [6.07, 6.45) is -0.556. The number of ether oxygens (including phenoxy) is 1. The van der Waals surface area contributed by atoms with Crippen LogP contribution in [0.5, 0.6) is 5.75 Å². The Labute approximate surface area is 120 Å². The van der Waals surface area contributed by atoms with E-state index < -0.39 is 6.10 Å². The van der Waals surface area contributed by atoms with Crippen molar-refractivity contribution < 1.29 is 9.84 Å². The van der Waals surface area contributed by atoms with Crippen LogP contribution in [-0.4, -0.2) is 29.9 Å². The largest absolute Gasteiger partial charge is 0.491 e. The first-order valence-electron chi connectivity index (χ1n) is 5.97. The number of hydrogen-bond donors (Lipinski definition) is 2. The smallest absolute Gasteiger partial charge is 0.119 e. The lowest BCUT2D eigenvalue weighted by atomic mass is 10.1. The number of aliphatic hydroxyl groups excluding tert-OH is 1. The first kappa shape index (κ1) is 17.7. The maximum absolute atomic E-state index is 9.73. The normalized spacial score (nSPS) is 12.2. The number of benzene rings is 1. The molecule has 2 N–H and O–H groups in total. The van der Waals surface area contributed by atoms with Crippen LogP contribution < -0.4 is 10.1 Å². The standard InChI is InChI=1S/C14H20N2O2.ClH/c1-14(2,3)16-9-12(17)10-18-13-6-4-11(8-15)5-7-13;/h4-7,12,16-17H,9-10H2,1-3H3;1H. The first-order chi connectivity index (χ1) is 8.40. The monoisotopic (exact) mass is 284 g/mol.